The Labute approximate surface area is 212 Å². The standard InChI is InChI=1S/C27H31N3O5S/c1-3-35-25-13-15-26(16-14-25)36(32,33)30(23-7-5-4-6-8-23)21-27(31)29-19-17-28(18-20-29)22-9-11-24(34-2)12-10-22/h4-16H,3,17-21H2,1-2H3. The molecule has 0 radical (unpaired) electrons. The maximum atomic E-state index is 13.6. The minimum atomic E-state index is -3.97. The number of benzene rings is 3. The minimum absolute atomic E-state index is 0.104. The lowest BCUT2D eigenvalue weighted by atomic mass is 10.2. The summed E-state index contributed by atoms with van der Waals surface area (Å²) < 4.78 is 39.1. The van der Waals surface area contributed by atoms with Gasteiger partial charge in [-0.2, -0.15) is 0 Å². The molecule has 1 saturated heterocycles. The topological polar surface area (TPSA) is 79.4 Å². The summed E-state index contributed by atoms with van der Waals surface area (Å²) in [6.45, 7) is 4.42. The Balaban J connectivity index is 1.48. The molecule has 0 aliphatic carbocycles. The Kier molecular flexibility index (Phi) is 8.00. The number of anilines is 2. The first-order valence-corrected chi connectivity index (χ1v) is 13.3. The Bertz CT molecular complexity index is 1240. The van der Waals surface area contributed by atoms with Gasteiger partial charge in [-0.3, -0.25) is 9.10 Å². The lowest BCUT2D eigenvalue weighted by molar-refractivity contribution is -0.129. The lowest BCUT2D eigenvalue weighted by Crippen LogP contribution is -2.52. The Morgan fingerprint density at radius 2 is 1.47 bits per heavy atom. The SMILES string of the molecule is CCOc1ccc(S(=O)(=O)N(CC(=O)N2CCN(c3ccc(OC)cc3)CC2)c2ccccc2)cc1. The van der Waals surface area contributed by atoms with Crippen LogP contribution in [0.15, 0.2) is 83.8 Å². The maximum absolute atomic E-state index is 13.6. The highest BCUT2D eigenvalue weighted by Gasteiger charge is 2.30. The summed E-state index contributed by atoms with van der Waals surface area (Å²) in [5.74, 6) is 1.15. The van der Waals surface area contributed by atoms with Crippen LogP contribution in [0.25, 0.3) is 0 Å². The van der Waals surface area contributed by atoms with Crippen molar-refractivity contribution >= 4 is 27.3 Å². The number of nitrogens with zero attached hydrogens (tertiary/aromatic N) is 3. The molecule has 0 spiro atoms. The zero-order valence-electron chi connectivity index (χ0n) is 20.5. The number of piperazine rings is 1. The van der Waals surface area contributed by atoms with Gasteiger partial charge in [0.1, 0.15) is 18.0 Å². The Hall–Kier alpha value is -3.72. The van der Waals surface area contributed by atoms with Crippen LogP contribution in [0.5, 0.6) is 11.5 Å². The van der Waals surface area contributed by atoms with E-state index in [2.05, 4.69) is 4.90 Å². The van der Waals surface area contributed by atoms with Crippen molar-refractivity contribution < 1.29 is 22.7 Å². The number of carbonyl (C=O) groups excluding carboxylic acids is 1. The second-order valence-corrected chi connectivity index (χ2v) is 10.2. The quantitative estimate of drug-likeness (QED) is 0.438. The normalized spacial score (nSPS) is 13.8. The summed E-state index contributed by atoms with van der Waals surface area (Å²) in [5, 5.41) is 0. The molecule has 0 saturated carbocycles. The van der Waals surface area contributed by atoms with E-state index >= 15 is 0 Å². The van der Waals surface area contributed by atoms with Crippen LogP contribution in [0.3, 0.4) is 0 Å². The van der Waals surface area contributed by atoms with Crippen LogP contribution in [0.2, 0.25) is 0 Å². The number of hydrogen-bond acceptors (Lipinski definition) is 6. The van der Waals surface area contributed by atoms with Gasteiger partial charge in [0.05, 0.1) is 24.3 Å². The van der Waals surface area contributed by atoms with Crippen LogP contribution >= 0.6 is 0 Å². The summed E-state index contributed by atoms with van der Waals surface area (Å²) in [4.78, 5) is 17.3. The molecule has 1 heterocycles. The third-order valence-electron chi connectivity index (χ3n) is 6.12. The van der Waals surface area contributed by atoms with E-state index in [9.17, 15) is 13.2 Å². The van der Waals surface area contributed by atoms with Gasteiger partial charge < -0.3 is 19.3 Å². The first-order chi connectivity index (χ1) is 17.4. The van der Waals surface area contributed by atoms with E-state index in [-0.39, 0.29) is 17.3 Å². The molecule has 0 unspecified atom stereocenters. The smallest absolute Gasteiger partial charge is 0.264 e. The van der Waals surface area contributed by atoms with Gasteiger partial charge >= 0.3 is 0 Å². The van der Waals surface area contributed by atoms with E-state index in [1.54, 1.807) is 48.4 Å². The molecular formula is C27H31N3O5S. The largest absolute Gasteiger partial charge is 0.497 e. The molecule has 4 rings (SSSR count). The van der Waals surface area contributed by atoms with Crippen molar-refractivity contribution in [3.8, 4) is 11.5 Å². The molecule has 0 bridgehead atoms. The maximum Gasteiger partial charge on any atom is 0.264 e. The van der Waals surface area contributed by atoms with Crippen molar-refractivity contribution in [2.75, 3.05) is 55.6 Å². The van der Waals surface area contributed by atoms with Gasteiger partial charge in [0.15, 0.2) is 0 Å². The number of para-hydroxylation sites is 1. The van der Waals surface area contributed by atoms with Crippen molar-refractivity contribution in [2.24, 2.45) is 0 Å². The second kappa shape index (κ2) is 11.3. The van der Waals surface area contributed by atoms with Gasteiger partial charge in [0, 0.05) is 31.9 Å². The Morgan fingerprint density at radius 3 is 2.06 bits per heavy atom. The fraction of sp³-hybridized carbons (Fsp3) is 0.296. The fourth-order valence-corrected chi connectivity index (χ4v) is 5.56. The molecule has 190 valence electrons. The lowest BCUT2D eigenvalue weighted by Gasteiger charge is -2.37. The molecule has 3 aromatic rings. The molecular weight excluding hydrogens is 478 g/mol. The molecule has 1 aliphatic rings. The number of rotatable bonds is 9. The number of sulfonamides is 1. The molecule has 8 nitrogen and oxygen atoms in total. The monoisotopic (exact) mass is 509 g/mol. The third-order valence-corrected chi connectivity index (χ3v) is 7.90. The van der Waals surface area contributed by atoms with E-state index in [4.69, 9.17) is 9.47 Å². The molecule has 3 aromatic carbocycles. The molecule has 1 fully saturated rings. The predicted molar refractivity (Wildman–Crippen MR) is 140 cm³/mol. The zero-order valence-corrected chi connectivity index (χ0v) is 21.4. The summed E-state index contributed by atoms with van der Waals surface area (Å²) >= 11 is 0. The number of hydrogen-bond donors (Lipinski definition) is 0. The average Bonchev–Trinajstić information content (AvgIpc) is 2.92. The minimum Gasteiger partial charge on any atom is -0.497 e. The first kappa shape index (κ1) is 25.4. The molecule has 0 aromatic heterocycles. The molecule has 1 aliphatic heterocycles. The first-order valence-electron chi connectivity index (χ1n) is 11.9. The van der Waals surface area contributed by atoms with Gasteiger partial charge in [-0.1, -0.05) is 18.2 Å². The highest BCUT2D eigenvalue weighted by molar-refractivity contribution is 7.92. The van der Waals surface area contributed by atoms with Crippen LogP contribution < -0.4 is 18.7 Å². The van der Waals surface area contributed by atoms with Gasteiger partial charge in [-0.15, -0.1) is 0 Å². The number of carbonyl (C=O) groups is 1. The van der Waals surface area contributed by atoms with Crippen LogP contribution in [0.4, 0.5) is 11.4 Å². The van der Waals surface area contributed by atoms with Crippen molar-refractivity contribution in [3.05, 3.63) is 78.9 Å². The van der Waals surface area contributed by atoms with Crippen molar-refractivity contribution in [2.45, 2.75) is 11.8 Å². The van der Waals surface area contributed by atoms with Crippen molar-refractivity contribution in [3.63, 3.8) is 0 Å². The van der Waals surface area contributed by atoms with E-state index in [0.717, 1.165) is 11.4 Å². The van der Waals surface area contributed by atoms with Crippen LogP contribution in [-0.4, -0.2) is 65.7 Å². The third kappa shape index (κ3) is 5.73. The van der Waals surface area contributed by atoms with E-state index in [1.165, 1.54) is 16.4 Å². The average molecular weight is 510 g/mol. The van der Waals surface area contributed by atoms with Crippen LogP contribution in [0, 0.1) is 0 Å². The van der Waals surface area contributed by atoms with E-state index < -0.39 is 10.0 Å². The van der Waals surface area contributed by atoms with E-state index in [1.807, 2.05) is 37.3 Å². The number of methoxy groups -OCH3 is 1. The highest BCUT2D eigenvalue weighted by atomic mass is 32.2. The molecule has 9 heteroatoms. The molecule has 0 atom stereocenters. The van der Waals surface area contributed by atoms with Gasteiger partial charge in [-0.05, 0) is 67.6 Å². The van der Waals surface area contributed by atoms with Crippen molar-refractivity contribution in [1.29, 1.82) is 0 Å². The van der Waals surface area contributed by atoms with Crippen LogP contribution in [0.1, 0.15) is 6.92 Å². The Morgan fingerprint density at radius 1 is 0.861 bits per heavy atom. The summed E-state index contributed by atoms with van der Waals surface area (Å²) in [6.07, 6.45) is 0. The molecule has 1 amide bonds. The van der Waals surface area contributed by atoms with E-state index in [0.29, 0.717) is 44.2 Å². The summed E-state index contributed by atoms with van der Waals surface area (Å²) in [5.41, 5.74) is 1.50. The van der Waals surface area contributed by atoms with Gasteiger partial charge in [0.2, 0.25) is 5.91 Å². The fourth-order valence-electron chi connectivity index (χ4n) is 4.14. The van der Waals surface area contributed by atoms with Crippen molar-refractivity contribution in [1.82, 2.24) is 4.90 Å². The van der Waals surface area contributed by atoms with Crippen LogP contribution in [-0.2, 0) is 14.8 Å². The van der Waals surface area contributed by atoms with Gasteiger partial charge in [0.25, 0.3) is 10.0 Å². The second-order valence-electron chi connectivity index (χ2n) is 8.32. The summed E-state index contributed by atoms with van der Waals surface area (Å²) in [6, 6.07) is 22.8. The van der Waals surface area contributed by atoms with Gasteiger partial charge in [-0.25, -0.2) is 8.42 Å². The highest BCUT2D eigenvalue weighted by Crippen LogP contribution is 2.26. The predicted octanol–water partition coefficient (Wildman–Crippen LogP) is 3.64. The number of ether oxygens (including phenoxy) is 2. The molecule has 36 heavy (non-hydrogen) atoms. The molecule has 0 N–H and O–H groups in total. The zero-order chi connectivity index (χ0) is 25.5. The summed E-state index contributed by atoms with van der Waals surface area (Å²) in [7, 11) is -2.34. The number of amides is 1.